The van der Waals surface area contributed by atoms with E-state index in [-0.39, 0.29) is 24.0 Å². The minimum atomic E-state index is -0.145. The van der Waals surface area contributed by atoms with Gasteiger partial charge in [-0.25, -0.2) is 9.78 Å². The Bertz CT molecular complexity index is 1070. The van der Waals surface area contributed by atoms with Crippen LogP contribution in [0.15, 0.2) is 25.2 Å². The minimum Gasteiger partial charge on any atom is -0.346 e. The Kier molecular flexibility index (Phi) is 6.77. The van der Waals surface area contributed by atoms with Gasteiger partial charge in [0.2, 0.25) is 17.8 Å². The molecule has 12 nitrogen and oxygen atoms in total. The molecule has 34 heavy (non-hydrogen) atoms. The van der Waals surface area contributed by atoms with Gasteiger partial charge < -0.3 is 19.7 Å². The first kappa shape index (κ1) is 23.6. The smallest absolute Gasteiger partial charge is 0.326 e. The number of anilines is 2. The van der Waals surface area contributed by atoms with Gasteiger partial charge in [0.15, 0.2) is 0 Å². The van der Waals surface area contributed by atoms with Gasteiger partial charge in [-0.1, -0.05) is 6.58 Å². The Morgan fingerprint density at radius 2 is 2.06 bits per heavy atom. The maximum absolute atomic E-state index is 12.3. The Morgan fingerprint density at radius 3 is 2.74 bits per heavy atom. The zero-order valence-electron chi connectivity index (χ0n) is 20.2. The Labute approximate surface area is 199 Å². The van der Waals surface area contributed by atoms with E-state index in [2.05, 4.69) is 43.7 Å². The molecule has 0 saturated carbocycles. The van der Waals surface area contributed by atoms with Crippen LogP contribution < -0.4 is 10.2 Å². The topological polar surface area (TPSA) is 116 Å². The van der Waals surface area contributed by atoms with Crippen molar-refractivity contribution < 1.29 is 9.59 Å². The van der Waals surface area contributed by atoms with Crippen LogP contribution in [0.5, 0.6) is 0 Å². The SMILES string of the molecule is C=CC(=O)N1CCN(Cn2cnc([C@H](C)Nc3nc(C)nc(N4CCN(C)C4=O)n3)c2)C[C@@H]1C. The number of nitrogens with zero attached hydrogens (tertiary/aromatic N) is 9. The molecule has 4 heterocycles. The summed E-state index contributed by atoms with van der Waals surface area (Å²) in [6.45, 7) is 13.6. The van der Waals surface area contributed by atoms with Crippen molar-refractivity contribution in [1.29, 1.82) is 0 Å². The fourth-order valence-electron chi connectivity index (χ4n) is 4.27. The average Bonchev–Trinajstić information content (AvgIpc) is 3.39. The van der Waals surface area contributed by atoms with Crippen molar-refractivity contribution in [3.8, 4) is 0 Å². The van der Waals surface area contributed by atoms with E-state index in [4.69, 9.17) is 0 Å². The van der Waals surface area contributed by atoms with Crippen LogP contribution in [-0.2, 0) is 11.5 Å². The number of carbonyl (C=O) groups is 2. The Balaban J connectivity index is 1.38. The van der Waals surface area contributed by atoms with Gasteiger partial charge in [0.1, 0.15) is 5.82 Å². The quantitative estimate of drug-likeness (QED) is 0.601. The second-order valence-corrected chi connectivity index (χ2v) is 8.84. The molecular weight excluding hydrogens is 436 g/mol. The number of nitrogens with one attached hydrogen (secondary N) is 1. The molecule has 2 aromatic rings. The number of rotatable bonds is 7. The molecule has 0 bridgehead atoms. The molecule has 0 aliphatic carbocycles. The van der Waals surface area contributed by atoms with E-state index in [0.29, 0.717) is 44.0 Å². The van der Waals surface area contributed by atoms with E-state index in [1.165, 1.54) is 6.08 Å². The molecule has 1 N–H and O–H groups in total. The largest absolute Gasteiger partial charge is 0.346 e. The number of carbonyl (C=O) groups excluding carboxylic acids is 2. The summed E-state index contributed by atoms with van der Waals surface area (Å²) < 4.78 is 2.04. The van der Waals surface area contributed by atoms with Crippen LogP contribution in [0.2, 0.25) is 0 Å². The number of likely N-dealkylation sites (N-methyl/N-ethyl adjacent to an activating group) is 1. The number of hydrogen-bond acceptors (Lipinski definition) is 8. The van der Waals surface area contributed by atoms with Gasteiger partial charge in [0.05, 0.1) is 24.7 Å². The van der Waals surface area contributed by atoms with Crippen molar-refractivity contribution in [1.82, 2.24) is 39.2 Å². The third-order valence-electron chi connectivity index (χ3n) is 6.17. The summed E-state index contributed by atoms with van der Waals surface area (Å²) in [5.74, 6) is 1.28. The highest BCUT2D eigenvalue weighted by molar-refractivity contribution is 5.92. The first-order valence-corrected chi connectivity index (χ1v) is 11.4. The van der Waals surface area contributed by atoms with E-state index in [9.17, 15) is 9.59 Å². The summed E-state index contributed by atoms with van der Waals surface area (Å²) in [6, 6.07) is -0.132. The standard InChI is InChI=1S/C22H32N10O2/c1-6-19(33)31-10-8-29(11-15(31)2)14-30-12-18(23-13-30)16(3)24-20-25-17(4)26-21(27-20)32-9-7-28(5)22(32)34/h6,12-13,15-16H,1,7-11,14H2,2-5H3,(H,24,25,26,27)/t15-,16-/m0/s1. The van der Waals surface area contributed by atoms with Gasteiger partial charge in [-0.05, 0) is 26.8 Å². The molecule has 2 fully saturated rings. The predicted octanol–water partition coefficient (Wildman–Crippen LogP) is 1.10. The first-order chi connectivity index (χ1) is 16.2. The monoisotopic (exact) mass is 468 g/mol. The molecule has 3 amide bonds. The molecule has 182 valence electrons. The number of aromatic nitrogens is 5. The number of amides is 3. The molecular formula is C22H32N10O2. The highest BCUT2D eigenvalue weighted by Crippen LogP contribution is 2.20. The molecule has 4 rings (SSSR count). The summed E-state index contributed by atoms with van der Waals surface area (Å²) in [4.78, 5) is 49.4. The molecule has 2 aliphatic rings. The first-order valence-electron chi connectivity index (χ1n) is 11.4. The maximum Gasteiger partial charge on any atom is 0.326 e. The number of aryl methyl sites for hydroxylation is 1. The molecule has 0 unspecified atom stereocenters. The molecule has 0 spiro atoms. The number of piperazine rings is 1. The van der Waals surface area contributed by atoms with Gasteiger partial charge in [-0.15, -0.1) is 0 Å². The molecule has 2 aromatic heterocycles. The Hall–Kier alpha value is -3.54. The van der Waals surface area contributed by atoms with Gasteiger partial charge in [0, 0.05) is 52.0 Å². The molecule has 2 saturated heterocycles. The highest BCUT2D eigenvalue weighted by Gasteiger charge is 2.29. The Morgan fingerprint density at radius 1 is 1.26 bits per heavy atom. The lowest BCUT2D eigenvalue weighted by Crippen LogP contribution is -2.53. The fraction of sp³-hybridized carbons (Fsp3) is 0.545. The van der Waals surface area contributed by atoms with Gasteiger partial charge in [-0.3, -0.25) is 14.6 Å². The van der Waals surface area contributed by atoms with Crippen LogP contribution in [0.25, 0.3) is 0 Å². The molecule has 12 heteroatoms. The van der Waals surface area contributed by atoms with Crippen LogP contribution in [0, 0.1) is 6.92 Å². The summed E-state index contributed by atoms with van der Waals surface area (Å²) in [5.41, 5.74) is 0.852. The summed E-state index contributed by atoms with van der Waals surface area (Å²) in [5, 5.41) is 3.28. The number of imidazole rings is 1. The van der Waals surface area contributed by atoms with Crippen LogP contribution in [-0.4, -0.2) is 97.0 Å². The zero-order valence-corrected chi connectivity index (χ0v) is 20.2. The zero-order chi connectivity index (χ0) is 24.4. The van der Waals surface area contributed by atoms with Crippen molar-refractivity contribution >= 4 is 23.8 Å². The minimum absolute atomic E-state index is 0.0187. The molecule has 0 radical (unpaired) electrons. The van der Waals surface area contributed by atoms with Crippen molar-refractivity contribution in [2.75, 3.05) is 50.0 Å². The van der Waals surface area contributed by atoms with Crippen LogP contribution in [0.4, 0.5) is 16.7 Å². The van der Waals surface area contributed by atoms with E-state index in [0.717, 1.165) is 18.8 Å². The van der Waals surface area contributed by atoms with E-state index < -0.39 is 0 Å². The van der Waals surface area contributed by atoms with Gasteiger partial charge in [-0.2, -0.15) is 15.0 Å². The van der Waals surface area contributed by atoms with Crippen molar-refractivity contribution in [2.45, 2.75) is 39.5 Å². The van der Waals surface area contributed by atoms with Gasteiger partial charge >= 0.3 is 6.03 Å². The third-order valence-corrected chi connectivity index (χ3v) is 6.17. The van der Waals surface area contributed by atoms with E-state index >= 15 is 0 Å². The summed E-state index contributed by atoms with van der Waals surface area (Å²) in [6.07, 6.45) is 5.18. The van der Waals surface area contributed by atoms with Crippen LogP contribution in [0.1, 0.15) is 31.4 Å². The van der Waals surface area contributed by atoms with Crippen molar-refractivity contribution in [2.24, 2.45) is 0 Å². The highest BCUT2D eigenvalue weighted by atomic mass is 16.2. The molecule has 2 aliphatic heterocycles. The van der Waals surface area contributed by atoms with Crippen LogP contribution in [0.3, 0.4) is 0 Å². The van der Waals surface area contributed by atoms with Crippen molar-refractivity contribution in [3.05, 3.63) is 36.7 Å². The normalized spacial score (nSPS) is 20.1. The van der Waals surface area contributed by atoms with E-state index in [1.54, 1.807) is 23.8 Å². The van der Waals surface area contributed by atoms with Gasteiger partial charge in [0.25, 0.3) is 0 Å². The average molecular weight is 469 g/mol. The molecule has 2 atom stereocenters. The van der Waals surface area contributed by atoms with Crippen molar-refractivity contribution in [3.63, 3.8) is 0 Å². The third kappa shape index (κ3) is 5.01. The fourth-order valence-corrected chi connectivity index (χ4v) is 4.27. The maximum atomic E-state index is 12.3. The summed E-state index contributed by atoms with van der Waals surface area (Å²) in [7, 11) is 1.76. The van der Waals surface area contributed by atoms with E-state index in [1.807, 2.05) is 28.9 Å². The number of urea groups is 1. The number of hydrogen-bond donors (Lipinski definition) is 1. The second kappa shape index (κ2) is 9.75. The predicted molar refractivity (Wildman–Crippen MR) is 127 cm³/mol. The lowest BCUT2D eigenvalue weighted by atomic mass is 10.2. The van der Waals surface area contributed by atoms with Crippen LogP contribution >= 0.6 is 0 Å². The molecule has 0 aromatic carbocycles. The lowest BCUT2D eigenvalue weighted by Gasteiger charge is -2.39. The lowest BCUT2D eigenvalue weighted by molar-refractivity contribution is -0.130. The second-order valence-electron chi connectivity index (χ2n) is 8.84. The summed E-state index contributed by atoms with van der Waals surface area (Å²) >= 11 is 0.